The van der Waals surface area contributed by atoms with Gasteiger partial charge in [-0.15, -0.1) is 0 Å². The van der Waals surface area contributed by atoms with Crippen LogP contribution in [-0.4, -0.2) is 48.6 Å². The van der Waals surface area contributed by atoms with Gasteiger partial charge in [-0.05, 0) is 31.2 Å². The lowest BCUT2D eigenvalue weighted by Gasteiger charge is -2.42. The van der Waals surface area contributed by atoms with Crippen LogP contribution in [0, 0.1) is 11.8 Å². The Morgan fingerprint density at radius 2 is 2.00 bits per heavy atom. The van der Waals surface area contributed by atoms with E-state index in [0.717, 1.165) is 17.9 Å². The van der Waals surface area contributed by atoms with E-state index in [1.165, 1.54) is 69.8 Å². The van der Waals surface area contributed by atoms with E-state index in [4.69, 9.17) is 0 Å². The Balaban J connectivity index is 1.48. The highest BCUT2D eigenvalue weighted by molar-refractivity contribution is 7.99. The largest absolute Gasteiger partial charge is 0.311 e. The summed E-state index contributed by atoms with van der Waals surface area (Å²) in [6.45, 7) is 5.28. The van der Waals surface area contributed by atoms with Crippen LogP contribution in [-0.2, 0) is 0 Å². The smallest absolute Gasteiger partial charge is 0.0285 e. The van der Waals surface area contributed by atoms with E-state index in [1.807, 2.05) is 0 Å². The van der Waals surface area contributed by atoms with Crippen molar-refractivity contribution in [3.8, 4) is 0 Å². The number of hydrogen-bond acceptors (Lipinski definition) is 3. The summed E-state index contributed by atoms with van der Waals surface area (Å²) in [7, 11) is 0. The molecule has 3 unspecified atom stereocenters. The number of rotatable bonds is 2. The van der Waals surface area contributed by atoms with Gasteiger partial charge in [-0.3, -0.25) is 0 Å². The van der Waals surface area contributed by atoms with Gasteiger partial charge in [0.2, 0.25) is 0 Å². The van der Waals surface area contributed by atoms with Crippen molar-refractivity contribution in [3.63, 3.8) is 0 Å². The molecule has 0 aromatic carbocycles. The van der Waals surface area contributed by atoms with Crippen molar-refractivity contribution in [1.82, 2.24) is 10.2 Å². The second kappa shape index (κ2) is 5.94. The molecule has 0 aromatic heterocycles. The molecule has 1 aliphatic carbocycles. The summed E-state index contributed by atoms with van der Waals surface area (Å²) < 4.78 is 0. The minimum Gasteiger partial charge on any atom is -0.311 e. The summed E-state index contributed by atoms with van der Waals surface area (Å²) in [5.41, 5.74) is 0. The van der Waals surface area contributed by atoms with Gasteiger partial charge in [-0.25, -0.2) is 0 Å². The quantitative estimate of drug-likeness (QED) is 0.813. The van der Waals surface area contributed by atoms with Gasteiger partial charge in [-0.1, -0.05) is 19.3 Å². The van der Waals surface area contributed by atoms with E-state index < -0.39 is 0 Å². The van der Waals surface area contributed by atoms with Crippen LogP contribution in [0.15, 0.2) is 0 Å². The Hall–Kier alpha value is 0.270. The third-order valence-electron chi connectivity index (χ3n) is 4.85. The Kier molecular flexibility index (Phi) is 4.30. The van der Waals surface area contributed by atoms with Crippen LogP contribution in [0.25, 0.3) is 0 Å². The maximum absolute atomic E-state index is 3.68. The highest BCUT2D eigenvalue weighted by atomic mass is 32.2. The first-order chi connectivity index (χ1) is 8.42. The molecule has 0 aromatic rings. The van der Waals surface area contributed by atoms with Gasteiger partial charge in [0.05, 0.1) is 0 Å². The Morgan fingerprint density at radius 3 is 2.82 bits per heavy atom. The molecule has 3 atom stereocenters. The van der Waals surface area contributed by atoms with E-state index in [1.54, 1.807) is 0 Å². The molecule has 0 amide bonds. The van der Waals surface area contributed by atoms with Crippen LogP contribution >= 0.6 is 11.8 Å². The zero-order chi connectivity index (χ0) is 11.5. The third kappa shape index (κ3) is 3.18. The fourth-order valence-electron chi connectivity index (χ4n) is 3.89. The fourth-order valence-corrected chi connectivity index (χ4v) is 4.83. The molecule has 1 N–H and O–H groups in total. The molecule has 3 fully saturated rings. The Labute approximate surface area is 110 Å². The number of likely N-dealkylation sites (tertiary alicyclic amines) is 1. The van der Waals surface area contributed by atoms with Crippen LogP contribution in [0.5, 0.6) is 0 Å². The molecule has 0 spiro atoms. The second-order valence-corrected chi connectivity index (χ2v) is 7.23. The monoisotopic (exact) mass is 254 g/mol. The predicted molar refractivity (Wildman–Crippen MR) is 75.6 cm³/mol. The first-order valence-electron chi connectivity index (χ1n) is 7.45. The number of fused-ring (bicyclic) bond motifs is 1. The molecule has 1 saturated carbocycles. The number of nitrogens with one attached hydrogen (secondary N) is 1. The lowest BCUT2D eigenvalue weighted by molar-refractivity contribution is 0.0815. The molecule has 2 nitrogen and oxygen atoms in total. The van der Waals surface area contributed by atoms with Crippen LogP contribution in [0.2, 0.25) is 0 Å². The van der Waals surface area contributed by atoms with Crippen LogP contribution in [0.4, 0.5) is 0 Å². The van der Waals surface area contributed by atoms with E-state index in [0.29, 0.717) is 0 Å². The maximum Gasteiger partial charge on any atom is 0.0285 e. The summed E-state index contributed by atoms with van der Waals surface area (Å²) in [6.07, 6.45) is 7.50. The summed E-state index contributed by atoms with van der Waals surface area (Å²) >= 11 is 2.13. The van der Waals surface area contributed by atoms with Crippen molar-refractivity contribution in [1.29, 1.82) is 0 Å². The first-order valence-corrected chi connectivity index (χ1v) is 8.61. The topological polar surface area (TPSA) is 15.3 Å². The molecule has 3 rings (SSSR count). The zero-order valence-electron chi connectivity index (χ0n) is 10.9. The van der Waals surface area contributed by atoms with E-state index in [9.17, 15) is 0 Å². The first kappa shape index (κ1) is 12.3. The zero-order valence-corrected chi connectivity index (χ0v) is 11.7. The van der Waals surface area contributed by atoms with E-state index in [-0.39, 0.29) is 0 Å². The van der Waals surface area contributed by atoms with Gasteiger partial charge < -0.3 is 10.2 Å². The molecule has 17 heavy (non-hydrogen) atoms. The predicted octanol–water partition coefficient (Wildman–Crippen LogP) is 2.20. The van der Waals surface area contributed by atoms with Crippen molar-refractivity contribution in [2.24, 2.45) is 11.8 Å². The molecular formula is C14H26N2S. The van der Waals surface area contributed by atoms with Crippen molar-refractivity contribution in [2.45, 2.75) is 38.1 Å². The lowest BCUT2D eigenvalue weighted by Crippen LogP contribution is -2.50. The average Bonchev–Trinajstić information content (AvgIpc) is 2.40. The molecule has 98 valence electrons. The molecule has 2 heterocycles. The van der Waals surface area contributed by atoms with Crippen LogP contribution in [0.3, 0.4) is 0 Å². The number of nitrogens with zero attached hydrogens (tertiary/aromatic N) is 1. The number of piperidine rings is 1. The Morgan fingerprint density at radius 1 is 1.12 bits per heavy atom. The van der Waals surface area contributed by atoms with Gasteiger partial charge in [-0.2, -0.15) is 11.8 Å². The summed E-state index contributed by atoms with van der Waals surface area (Å²) in [5, 5.41) is 3.68. The molecule has 3 aliphatic rings. The number of hydrogen-bond donors (Lipinski definition) is 1. The van der Waals surface area contributed by atoms with Crippen molar-refractivity contribution >= 4 is 11.8 Å². The van der Waals surface area contributed by atoms with E-state index >= 15 is 0 Å². The van der Waals surface area contributed by atoms with Gasteiger partial charge in [0.15, 0.2) is 0 Å². The lowest BCUT2D eigenvalue weighted by atomic mass is 9.75. The van der Waals surface area contributed by atoms with Gasteiger partial charge in [0, 0.05) is 37.2 Å². The van der Waals surface area contributed by atoms with Crippen molar-refractivity contribution in [2.75, 3.05) is 37.7 Å². The summed E-state index contributed by atoms with van der Waals surface area (Å²) in [6, 6.07) is 0.758. The third-order valence-corrected chi connectivity index (χ3v) is 5.98. The fraction of sp³-hybridized carbons (Fsp3) is 1.00. The minimum absolute atomic E-state index is 0.758. The van der Waals surface area contributed by atoms with Gasteiger partial charge in [0.1, 0.15) is 0 Å². The summed E-state index contributed by atoms with van der Waals surface area (Å²) in [5.74, 6) is 4.74. The maximum atomic E-state index is 3.68. The number of thioether (sulfide) groups is 1. The standard InChI is InChI=1S/C14H26N2S/c1-2-4-13-9-16(7-5-12(13)3-1)10-14-11-17-8-6-15-14/h12-15H,1-11H2. The molecule has 0 radical (unpaired) electrons. The molecule has 2 aliphatic heterocycles. The van der Waals surface area contributed by atoms with Gasteiger partial charge in [0.25, 0.3) is 0 Å². The van der Waals surface area contributed by atoms with E-state index in [2.05, 4.69) is 22.0 Å². The van der Waals surface area contributed by atoms with Crippen molar-refractivity contribution in [3.05, 3.63) is 0 Å². The molecule has 0 bridgehead atoms. The highest BCUT2D eigenvalue weighted by Crippen LogP contribution is 2.36. The summed E-state index contributed by atoms with van der Waals surface area (Å²) in [4.78, 5) is 2.75. The van der Waals surface area contributed by atoms with Crippen LogP contribution < -0.4 is 5.32 Å². The average molecular weight is 254 g/mol. The van der Waals surface area contributed by atoms with Crippen molar-refractivity contribution < 1.29 is 0 Å². The molecular weight excluding hydrogens is 228 g/mol. The molecule has 2 saturated heterocycles. The normalized spacial score (nSPS) is 39.9. The van der Waals surface area contributed by atoms with Gasteiger partial charge >= 0.3 is 0 Å². The SMILES string of the molecule is C1CCC2CN(CC3CSCCN3)CCC2C1. The highest BCUT2D eigenvalue weighted by Gasteiger charge is 2.31. The minimum atomic E-state index is 0.758. The second-order valence-electron chi connectivity index (χ2n) is 6.08. The Bertz CT molecular complexity index is 238. The molecule has 3 heteroatoms. The van der Waals surface area contributed by atoms with Crippen LogP contribution in [0.1, 0.15) is 32.1 Å².